The van der Waals surface area contributed by atoms with Crippen molar-refractivity contribution < 1.29 is 45.3 Å². The maximum Gasteiger partial charge on any atom is 0.416 e. The average Bonchev–Trinajstić information content (AvgIpc) is 2.75. The summed E-state index contributed by atoms with van der Waals surface area (Å²) in [6, 6.07) is 9.49. The molecule has 0 aromatic heterocycles. The van der Waals surface area contributed by atoms with Gasteiger partial charge in [-0.2, -0.15) is 26.3 Å². The Labute approximate surface area is 179 Å². The molecule has 0 amide bonds. The summed E-state index contributed by atoms with van der Waals surface area (Å²) < 4.78 is 94.7. The molecule has 0 bridgehead atoms. The molecule has 2 aromatic carbocycles. The molecule has 5 nitrogen and oxygen atoms in total. The summed E-state index contributed by atoms with van der Waals surface area (Å²) in [4.78, 5) is 12.3. The van der Waals surface area contributed by atoms with E-state index in [9.17, 15) is 31.1 Å². The number of rotatable bonds is 7. The topological polar surface area (TPSA) is 48.0 Å². The van der Waals surface area contributed by atoms with Crippen LogP contribution in [0.25, 0.3) is 0 Å². The van der Waals surface area contributed by atoms with Crippen molar-refractivity contribution in [3.05, 3.63) is 70.8 Å². The highest BCUT2D eigenvalue weighted by molar-refractivity contribution is 5.36. The predicted octanol–water partition coefficient (Wildman–Crippen LogP) is 4.77. The molecular formula is C21H19F6NO4. The van der Waals surface area contributed by atoms with Crippen LogP contribution in [0.15, 0.2) is 48.5 Å². The predicted molar refractivity (Wildman–Crippen MR) is 98.9 cm³/mol. The number of hydrogen-bond acceptors (Lipinski definition) is 5. The number of carbonyl (C=O) groups is 1. The van der Waals surface area contributed by atoms with Crippen LogP contribution in [0.3, 0.4) is 0 Å². The van der Waals surface area contributed by atoms with Crippen molar-refractivity contribution in [2.75, 3.05) is 19.9 Å². The van der Waals surface area contributed by atoms with Gasteiger partial charge in [0.25, 0.3) is 6.47 Å². The third-order valence-corrected chi connectivity index (χ3v) is 4.82. The van der Waals surface area contributed by atoms with E-state index in [2.05, 4.69) is 0 Å². The molecule has 0 saturated carbocycles. The zero-order valence-corrected chi connectivity index (χ0v) is 16.5. The molecule has 2 unspecified atom stereocenters. The molecule has 11 heteroatoms. The summed E-state index contributed by atoms with van der Waals surface area (Å²) in [6.07, 6.45) is -10.9. The fraction of sp³-hybridized carbons (Fsp3) is 0.381. The number of carbonyl (C=O) groups excluding carboxylic acids is 1. The maximum absolute atomic E-state index is 13.1. The summed E-state index contributed by atoms with van der Waals surface area (Å²) in [7, 11) is 0. The van der Waals surface area contributed by atoms with E-state index in [0.29, 0.717) is 24.2 Å². The van der Waals surface area contributed by atoms with E-state index in [1.807, 2.05) is 0 Å². The fourth-order valence-corrected chi connectivity index (χ4v) is 3.40. The van der Waals surface area contributed by atoms with E-state index >= 15 is 0 Å². The minimum absolute atomic E-state index is 0.0614. The van der Waals surface area contributed by atoms with Crippen LogP contribution in [0.5, 0.6) is 0 Å². The van der Waals surface area contributed by atoms with Gasteiger partial charge in [0.2, 0.25) is 0 Å². The number of alkyl halides is 6. The standard InChI is InChI=1S/C21H19F6NO4/c22-20(23,24)16-8-14(9-17(10-16)21(25,26)27)11-32-19-18(15-4-2-1-3-5-15)28(6-7-31-19)12-30-13-29/h1-5,8-10,13,18-19H,6-7,11-12H2. The molecule has 1 heterocycles. The minimum atomic E-state index is -4.95. The fourth-order valence-electron chi connectivity index (χ4n) is 3.40. The molecule has 1 saturated heterocycles. The Morgan fingerprint density at radius 3 is 2.19 bits per heavy atom. The highest BCUT2D eigenvalue weighted by Gasteiger charge is 2.38. The molecule has 32 heavy (non-hydrogen) atoms. The van der Waals surface area contributed by atoms with Crippen LogP contribution in [0.4, 0.5) is 26.3 Å². The normalized spacial score (nSPS) is 20.2. The second-order valence-corrected chi connectivity index (χ2v) is 7.02. The third-order valence-electron chi connectivity index (χ3n) is 4.82. The van der Waals surface area contributed by atoms with Gasteiger partial charge in [-0.1, -0.05) is 30.3 Å². The van der Waals surface area contributed by atoms with Crippen molar-refractivity contribution in [3.8, 4) is 0 Å². The van der Waals surface area contributed by atoms with Crippen LogP contribution in [0.2, 0.25) is 0 Å². The quantitative estimate of drug-likeness (QED) is 0.437. The number of nitrogens with zero attached hydrogens (tertiary/aromatic N) is 1. The van der Waals surface area contributed by atoms with Gasteiger partial charge in [-0.25, -0.2) is 0 Å². The van der Waals surface area contributed by atoms with Crippen LogP contribution in [-0.4, -0.2) is 37.5 Å². The first-order chi connectivity index (χ1) is 15.1. The third kappa shape index (κ3) is 5.99. The summed E-state index contributed by atoms with van der Waals surface area (Å²) in [5, 5.41) is 0. The molecule has 174 valence electrons. The van der Waals surface area contributed by atoms with Crippen molar-refractivity contribution in [1.82, 2.24) is 4.90 Å². The zero-order valence-electron chi connectivity index (χ0n) is 16.5. The Bertz CT molecular complexity index is 871. The van der Waals surface area contributed by atoms with Gasteiger partial charge < -0.3 is 14.2 Å². The van der Waals surface area contributed by atoms with Crippen LogP contribution >= 0.6 is 0 Å². The second kappa shape index (κ2) is 9.88. The molecule has 0 aliphatic carbocycles. The van der Waals surface area contributed by atoms with Gasteiger partial charge in [0.05, 0.1) is 30.4 Å². The van der Waals surface area contributed by atoms with Gasteiger partial charge >= 0.3 is 12.4 Å². The van der Waals surface area contributed by atoms with Crippen LogP contribution in [0, 0.1) is 0 Å². The highest BCUT2D eigenvalue weighted by atomic mass is 19.4. The largest absolute Gasteiger partial charge is 0.452 e. The molecule has 3 rings (SSSR count). The summed E-state index contributed by atoms with van der Waals surface area (Å²) in [5.41, 5.74) is -2.43. The second-order valence-electron chi connectivity index (χ2n) is 7.02. The van der Waals surface area contributed by atoms with Gasteiger partial charge in [0.1, 0.15) is 6.73 Å². The first-order valence-corrected chi connectivity index (χ1v) is 9.45. The van der Waals surface area contributed by atoms with E-state index < -0.39 is 42.4 Å². The Balaban J connectivity index is 1.86. The molecular weight excluding hydrogens is 444 g/mol. The maximum atomic E-state index is 13.1. The zero-order chi connectivity index (χ0) is 23.4. The van der Waals surface area contributed by atoms with E-state index in [1.165, 1.54) is 0 Å². The number of benzene rings is 2. The van der Waals surface area contributed by atoms with Crippen molar-refractivity contribution in [2.24, 2.45) is 0 Å². The highest BCUT2D eigenvalue weighted by Crippen LogP contribution is 2.37. The van der Waals surface area contributed by atoms with Crippen LogP contribution in [0.1, 0.15) is 28.3 Å². The van der Waals surface area contributed by atoms with Crippen molar-refractivity contribution in [3.63, 3.8) is 0 Å². The Kier molecular flexibility index (Phi) is 7.42. The van der Waals surface area contributed by atoms with Gasteiger partial charge in [0.15, 0.2) is 6.29 Å². The molecule has 1 fully saturated rings. The van der Waals surface area contributed by atoms with Crippen LogP contribution < -0.4 is 0 Å². The lowest BCUT2D eigenvalue weighted by Crippen LogP contribution is -2.47. The Morgan fingerprint density at radius 1 is 1.00 bits per heavy atom. The van der Waals surface area contributed by atoms with Gasteiger partial charge in [-0.05, 0) is 29.3 Å². The molecule has 1 aliphatic heterocycles. The molecule has 0 radical (unpaired) electrons. The summed E-state index contributed by atoms with van der Waals surface area (Å²) >= 11 is 0. The minimum Gasteiger partial charge on any atom is -0.452 e. The average molecular weight is 463 g/mol. The molecule has 2 aromatic rings. The van der Waals surface area contributed by atoms with Crippen molar-refractivity contribution >= 4 is 6.47 Å². The van der Waals surface area contributed by atoms with E-state index in [1.54, 1.807) is 35.2 Å². The summed E-state index contributed by atoms with van der Waals surface area (Å²) in [5.74, 6) is 0. The number of ether oxygens (including phenoxy) is 3. The number of halogens is 6. The molecule has 1 aliphatic rings. The van der Waals surface area contributed by atoms with Crippen LogP contribution in [-0.2, 0) is 38.0 Å². The number of hydrogen-bond donors (Lipinski definition) is 0. The molecule has 0 N–H and O–H groups in total. The first kappa shape index (κ1) is 24.0. The first-order valence-electron chi connectivity index (χ1n) is 9.45. The molecule has 2 atom stereocenters. The van der Waals surface area contributed by atoms with E-state index in [4.69, 9.17) is 14.2 Å². The van der Waals surface area contributed by atoms with Gasteiger partial charge in [-0.3, -0.25) is 9.69 Å². The van der Waals surface area contributed by atoms with Crippen molar-refractivity contribution in [1.29, 1.82) is 0 Å². The van der Waals surface area contributed by atoms with Crippen molar-refractivity contribution in [2.45, 2.75) is 31.3 Å². The Morgan fingerprint density at radius 2 is 1.62 bits per heavy atom. The Hall–Kier alpha value is -2.63. The monoisotopic (exact) mass is 463 g/mol. The summed E-state index contributed by atoms with van der Waals surface area (Å²) in [6.45, 7) is 0.160. The van der Waals surface area contributed by atoms with Gasteiger partial charge in [-0.15, -0.1) is 0 Å². The SMILES string of the molecule is O=COCN1CCOC(OCc2cc(C(F)(F)F)cc(C(F)(F)F)c2)C1c1ccccc1. The molecule has 0 spiro atoms. The lowest BCUT2D eigenvalue weighted by atomic mass is 10.0. The lowest BCUT2D eigenvalue weighted by Gasteiger charge is -2.40. The lowest BCUT2D eigenvalue weighted by molar-refractivity contribution is -0.226. The number of morpholine rings is 1. The van der Waals surface area contributed by atoms with E-state index in [-0.39, 0.29) is 31.4 Å². The smallest absolute Gasteiger partial charge is 0.416 e. The van der Waals surface area contributed by atoms with Gasteiger partial charge in [0, 0.05) is 6.54 Å². The van der Waals surface area contributed by atoms with E-state index in [0.717, 1.165) is 0 Å².